The molecular formula is C14H11NO5S2. The molecule has 0 saturated heterocycles. The minimum atomic E-state index is -4.48. The highest BCUT2D eigenvalue weighted by atomic mass is 32.3. The third kappa shape index (κ3) is 1.95. The molecule has 114 valence electrons. The van der Waals surface area contributed by atoms with Crippen molar-refractivity contribution in [1.29, 1.82) is 0 Å². The van der Waals surface area contributed by atoms with Gasteiger partial charge in [0.15, 0.2) is 0 Å². The molecular weight excluding hydrogens is 326 g/mol. The first kappa shape index (κ1) is 14.7. The van der Waals surface area contributed by atoms with Crippen LogP contribution in [0.25, 0.3) is 0 Å². The summed E-state index contributed by atoms with van der Waals surface area (Å²) in [6.45, 7) is 1.77. The van der Waals surface area contributed by atoms with Gasteiger partial charge in [0.2, 0.25) is 0 Å². The monoisotopic (exact) mass is 337 g/mol. The van der Waals surface area contributed by atoms with Crippen LogP contribution in [0.2, 0.25) is 0 Å². The summed E-state index contributed by atoms with van der Waals surface area (Å²) in [6, 6.07) is 11.0. The van der Waals surface area contributed by atoms with E-state index in [4.69, 9.17) is 0 Å². The molecule has 0 bridgehead atoms. The largest absolute Gasteiger partial charge is 0.283 e. The summed E-state index contributed by atoms with van der Waals surface area (Å²) in [7, 11) is -8.90. The van der Waals surface area contributed by atoms with Crippen LogP contribution >= 0.6 is 0 Å². The lowest BCUT2D eigenvalue weighted by Crippen LogP contribution is -2.36. The normalized spacial score (nSPS) is 16.6. The average molecular weight is 337 g/mol. The Labute approximate surface area is 128 Å². The Bertz CT molecular complexity index is 976. The highest BCUT2D eigenvalue weighted by molar-refractivity contribution is 8.05. The molecule has 22 heavy (non-hydrogen) atoms. The minimum absolute atomic E-state index is 0.0324. The third-order valence-corrected chi connectivity index (χ3v) is 7.48. The van der Waals surface area contributed by atoms with Crippen LogP contribution in [0.1, 0.15) is 15.9 Å². The smallest absolute Gasteiger partial charge is 0.267 e. The molecule has 0 atom stereocenters. The highest BCUT2D eigenvalue weighted by Crippen LogP contribution is 2.34. The number of aryl methyl sites for hydroxylation is 1. The Morgan fingerprint density at radius 2 is 1.55 bits per heavy atom. The lowest BCUT2D eigenvalue weighted by Gasteiger charge is -2.15. The van der Waals surface area contributed by atoms with Gasteiger partial charge in [0, 0.05) is 0 Å². The molecule has 0 unspecified atom stereocenters. The Balaban J connectivity index is 2.22. The van der Waals surface area contributed by atoms with Crippen LogP contribution in [0.3, 0.4) is 0 Å². The molecule has 3 rings (SSSR count). The van der Waals surface area contributed by atoms with Crippen LogP contribution in [0.4, 0.5) is 0 Å². The second-order valence-corrected chi connectivity index (χ2v) is 8.59. The van der Waals surface area contributed by atoms with Crippen molar-refractivity contribution in [3.63, 3.8) is 0 Å². The molecule has 2 aromatic carbocycles. The molecule has 0 N–H and O–H groups in total. The van der Waals surface area contributed by atoms with Crippen molar-refractivity contribution in [3.05, 3.63) is 59.7 Å². The van der Waals surface area contributed by atoms with E-state index in [1.165, 1.54) is 48.5 Å². The van der Waals surface area contributed by atoms with E-state index in [2.05, 4.69) is 0 Å². The first-order chi connectivity index (χ1) is 10.3. The maximum atomic E-state index is 12.6. The van der Waals surface area contributed by atoms with Crippen LogP contribution in [0.15, 0.2) is 58.3 Å². The number of nitrogens with zero attached hydrogens (tertiary/aromatic N) is 1. The molecule has 1 aliphatic rings. The van der Waals surface area contributed by atoms with Crippen molar-refractivity contribution >= 4 is 26.0 Å². The summed E-state index contributed by atoms with van der Waals surface area (Å²) in [6.07, 6.45) is 0. The number of fused-ring (bicyclic) bond motifs is 1. The predicted molar refractivity (Wildman–Crippen MR) is 78.2 cm³/mol. The van der Waals surface area contributed by atoms with Crippen LogP contribution in [0, 0.1) is 6.92 Å². The average Bonchev–Trinajstić information content (AvgIpc) is 2.67. The van der Waals surface area contributed by atoms with Gasteiger partial charge in [-0.05, 0) is 31.2 Å². The summed E-state index contributed by atoms with van der Waals surface area (Å²) in [5, 5.41) is 0. The zero-order valence-electron chi connectivity index (χ0n) is 11.4. The Kier molecular flexibility index (Phi) is 3.12. The molecule has 0 saturated carbocycles. The van der Waals surface area contributed by atoms with E-state index in [-0.39, 0.29) is 19.1 Å². The van der Waals surface area contributed by atoms with Gasteiger partial charge in [0.25, 0.3) is 26.0 Å². The van der Waals surface area contributed by atoms with Crippen molar-refractivity contribution in [3.8, 4) is 0 Å². The number of carbonyl (C=O) groups is 1. The standard InChI is InChI=1S/C14H11NO5S2/c1-10-6-8-11(9-7-10)21(17,18)15-14(16)12-4-2-3-5-13(12)22(15,19)20/h2-9H,1H3. The molecule has 0 aliphatic carbocycles. The minimum Gasteiger partial charge on any atom is -0.267 e. The fraction of sp³-hybridized carbons (Fsp3) is 0.0714. The number of benzene rings is 2. The SMILES string of the molecule is Cc1ccc(S(=O)(=O)N2C(=O)c3ccccc3S2(=O)=O)cc1. The number of sulfonamides is 2. The molecule has 1 heterocycles. The van der Waals surface area contributed by atoms with E-state index >= 15 is 0 Å². The van der Waals surface area contributed by atoms with E-state index in [0.29, 0.717) is 0 Å². The van der Waals surface area contributed by atoms with Crippen LogP contribution in [0.5, 0.6) is 0 Å². The fourth-order valence-electron chi connectivity index (χ4n) is 2.21. The second kappa shape index (κ2) is 4.65. The van der Waals surface area contributed by atoms with E-state index in [0.717, 1.165) is 5.56 Å². The Morgan fingerprint density at radius 3 is 2.14 bits per heavy atom. The Morgan fingerprint density at radius 1 is 0.955 bits per heavy atom. The van der Waals surface area contributed by atoms with E-state index in [9.17, 15) is 21.6 Å². The predicted octanol–water partition coefficient (Wildman–Crippen LogP) is 1.53. The molecule has 0 spiro atoms. The number of amides is 1. The first-order valence-corrected chi connectivity index (χ1v) is 9.15. The topological polar surface area (TPSA) is 88.6 Å². The van der Waals surface area contributed by atoms with Gasteiger partial charge in [-0.2, -0.15) is 16.8 Å². The van der Waals surface area contributed by atoms with Gasteiger partial charge in [0.05, 0.1) is 10.5 Å². The van der Waals surface area contributed by atoms with Crippen LogP contribution in [-0.2, 0) is 20.0 Å². The molecule has 1 amide bonds. The molecule has 0 aromatic heterocycles. The van der Waals surface area contributed by atoms with Gasteiger partial charge in [-0.15, -0.1) is 3.71 Å². The summed E-state index contributed by atoms with van der Waals surface area (Å²) in [5.41, 5.74) is 0.677. The van der Waals surface area contributed by atoms with E-state index in [1.54, 1.807) is 6.92 Å². The number of rotatable bonds is 2. The van der Waals surface area contributed by atoms with Gasteiger partial charge in [0.1, 0.15) is 4.90 Å². The summed E-state index contributed by atoms with van der Waals surface area (Å²) >= 11 is 0. The molecule has 8 heteroatoms. The fourth-order valence-corrected chi connectivity index (χ4v) is 5.91. The summed E-state index contributed by atoms with van der Waals surface area (Å²) in [4.78, 5) is 11.7. The number of hydrogen-bond donors (Lipinski definition) is 0. The maximum Gasteiger partial charge on any atom is 0.283 e. The molecule has 6 nitrogen and oxygen atoms in total. The van der Waals surface area contributed by atoms with Crippen molar-refractivity contribution in [2.45, 2.75) is 16.7 Å². The summed E-state index contributed by atoms with van der Waals surface area (Å²) < 4.78 is 49.9. The molecule has 0 radical (unpaired) electrons. The van der Waals surface area contributed by atoms with Gasteiger partial charge in [-0.1, -0.05) is 29.8 Å². The van der Waals surface area contributed by atoms with Crippen molar-refractivity contribution in [2.24, 2.45) is 0 Å². The highest BCUT2D eigenvalue weighted by Gasteiger charge is 2.48. The van der Waals surface area contributed by atoms with E-state index < -0.39 is 26.0 Å². The van der Waals surface area contributed by atoms with Crippen molar-refractivity contribution in [2.75, 3.05) is 0 Å². The zero-order chi connectivity index (χ0) is 16.1. The van der Waals surface area contributed by atoms with Gasteiger partial charge in [-0.3, -0.25) is 4.79 Å². The summed E-state index contributed by atoms with van der Waals surface area (Å²) in [5.74, 6) is -1.06. The maximum absolute atomic E-state index is 12.6. The first-order valence-electron chi connectivity index (χ1n) is 6.27. The zero-order valence-corrected chi connectivity index (χ0v) is 13.1. The van der Waals surface area contributed by atoms with Gasteiger partial charge in [-0.25, -0.2) is 0 Å². The van der Waals surface area contributed by atoms with Gasteiger partial charge < -0.3 is 0 Å². The molecule has 2 aromatic rings. The third-order valence-electron chi connectivity index (χ3n) is 3.32. The Hall–Kier alpha value is -2.19. The lowest BCUT2D eigenvalue weighted by molar-refractivity contribution is 0.0928. The second-order valence-electron chi connectivity index (χ2n) is 4.82. The van der Waals surface area contributed by atoms with Gasteiger partial charge >= 0.3 is 0 Å². The van der Waals surface area contributed by atoms with Crippen LogP contribution in [-0.4, -0.2) is 26.5 Å². The van der Waals surface area contributed by atoms with Crippen molar-refractivity contribution < 1.29 is 21.6 Å². The lowest BCUT2D eigenvalue weighted by atomic mass is 10.2. The van der Waals surface area contributed by atoms with Crippen LogP contribution < -0.4 is 0 Å². The number of hydrogen-bond acceptors (Lipinski definition) is 5. The molecule has 1 aliphatic heterocycles. The number of carbonyl (C=O) groups excluding carboxylic acids is 1. The van der Waals surface area contributed by atoms with E-state index in [1.807, 2.05) is 0 Å². The quantitative estimate of drug-likeness (QED) is 0.829. The van der Waals surface area contributed by atoms with Crippen molar-refractivity contribution in [1.82, 2.24) is 3.71 Å². The molecule has 0 fully saturated rings.